The molecule has 0 saturated carbocycles. The number of carbonyl (C=O) groups excluding carboxylic acids is 2. The molecule has 1 aliphatic rings. The first kappa shape index (κ1) is 29.7. The predicted molar refractivity (Wildman–Crippen MR) is 174 cm³/mol. The van der Waals surface area contributed by atoms with Crippen LogP contribution >= 0.6 is 23.1 Å². The molecule has 1 N–H and O–H groups in total. The Morgan fingerprint density at radius 1 is 0.977 bits per heavy atom. The molecule has 1 aromatic heterocycles. The van der Waals surface area contributed by atoms with E-state index >= 15 is 0 Å². The molecule has 1 atom stereocenters. The third-order valence-corrected chi connectivity index (χ3v) is 9.92. The van der Waals surface area contributed by atoms with E-state index in [1.165, 1.54) is 46.2 Å². The Kier molecular flexibility index (Phi) is 7.86. The number of benzene rings is 4. The number of hydrogen-bond acceptors (Lipinski definition) is 7. The molecule has 5 aromatic rings. The number of anilines is 1. The average molecular weight is 624 g/mol. The summed E-state index contributed by atoms with van der Waals surface area (Å²) in [5.41, 5.74) is 3.12. The van der Waals surface area contributed by atoms with Gasteiger partial charge in [-0.15, -0.1) is 10.2 Å². The van der Waals surface area contributed by atoms with E-state index in [2.05, 4.69) is 55.2 Å². The van der Waals surface area contributed by atoms with Crippen molar-refractivity contribution in [1.29, 1.82) is 0 Å². The second kappa shape index (κ2) is 11.6. The van der Waals surface area contributed by atoms with Gasteiger partial charge in [-0.25, -0.2) is 4.39 Å². The molecule has 1 saturated heterocycles. The Labute approximate surface area is 263 Å². The lowest BCUT2D eigenvalue weighted by Gasteiger charge is -2.24. The van der Waals surface area contributed by atoms with E-state index in [4.69, 9.17) is 0 Å². The lowest BCUT2D eigenvalue weighted by molar-refractivity contribution is -0.132. The highest BCUT2D eigenvalue weighted by molar-refractivity contribution is 8.00. The Hall–Kier alpha value is -4.34. The molecule has 1 aliphatic heterocycles. The quantitative estimate of drug-likeness (QED) is 0.0673. The van der Waals surface area contributed by atoms with Crippen LogP contribution in [-0.4, -0.2) is 27.0 Å². The van der Waals surface area contributed by atoms with Gasteiger partial charge >= 0.3 is 5.91 Å². The maximum atomic E-state index is 14.5. The molecule has 6 rings (SSSR count). The highest BCUT2D eigenvalue weighted by Crippen LogP contribution is 2.44. The molecule has 0 unspecified atom stereocenters. The minimum atomic E-state index is -0.975. The Bertz CT molecular complexity index is 1940. The van der Waals surface area contributed by atoms with Crippen LogP contribution in [0.1, 0.15) is 54.6 Å². The van der Waals surface area contributed by atoms with Crippen LogP contribution in [0.5, 0.6) is 0 Å². The first-order valence-corrected chi connectivity index (χ1v) is 15.9. The topological polar surface area (TPSA) is 83.4 Å². The number of nitrogens with zero attached hydrogens (tertiary/aromatic N) is 3. The number of aryl methyl sites for hydroxylation is 1. The van der Waals surface area contributed by atoms with E-state index in [-0.39, 0.29) is 21.7 Å². The van der Waals surface area contributed by atoms with Crippen LogP contribution in [0.2, 0.25) is 0 Å². The number of rotatable bonds is 6. The maximum Gasteiger partial charge on any atom is 0.301 e. The van der Waals surface area contributed by atoms with Gasteiger partial charge in [-0.05, 0) is 51.4 Å². The average Bonchev–Trinajstić information content (AvgIpc) is 3.58. The molecule has 2 heterocycles. The molecule has 0 aliphatic carbocycles. The van der Waals surface area contributed by atoms with Gasteiger partial charge < -0.3 is 5.11 Å². The van der Waals surface area contributed by atoms with Crippen LogP contribution in [0.25, 0.3) is 16.5 Å². The summed E-state index contributed by atoms with van der Waals surface area (Å²) in [6, 6.07) is 25.2. The van der Waals surface area contributed by atoms with Crippen molar-refractivity contribution in [3.05, 3.63) is 124 Å². The van der Waals surface area contributed by atoms with Crippen LogP contribution in [0.15, 0.2) is 94.8 Å². The van der Waals surface area contributed by atoms with Crippen molar-refractivity contribution in [2.75, 3.05) is 4.90 Å². The number of amides is 1. The lowest BCUT2D eigenvalue weighted by atomic mass is 9.85. The summed E-state index contributed by atoms with van der Waals surface area (Å²) >= 11 is 2.71. The molecule has 9 heteroatoms. The fourth-order valence-corrected chi connectivity index (χ4v) is 7.19. The van der Waals surface area contributed by atoms with Crippen molar-refractivity contribution in [2.45, 2.75) is 49.2 Å². The normalized spacial score (nSPS) is 16.7. The third kappa shape index (κ3) is 5.53. The van der Waals surface area contributed by atoms with Gasteiger partial charge in [-0.2, -0.15) is 0 Å². The van der Waals surface area contributed by atoms with Crippen molar-refractivity contribution in [2.24, 2.45) is 0 Å². The molecule has 6 nitrogen and oxygen atoms in total. The molecular formula is C35H30FN3O3S2. The van der Waals surface area contributed by atoms with Gasteiger partial charge in [0.15, 0.2) is 4.34 Å². The number of carbonyl (C=O) groups is 2. The number of ketones is 1. The summed E-state index contributed by atoms with van der Waals surface area (Å²) in [7, 11) is 0. The van der Waals surface area contributed by atoms with Gasteiger partial charge in [0.05, 0.1) is 11.6 Å². The van der Waals surface area contributed by atoms with Crippen LogP contribution in [-0.2, 0) is 20.8 Å². The van der Waals surface area contributed by atoms with Gasteiger partial charge in [-0.1, -0.05) is 123 Å². The SMILES string of the molecule is Cc1ccc(C(O)=C2C(=O)C(=O)N(c3nnc(SCc4cccc5ccccc45)s3)[C@H]2c2ccc(C(C)(C)C)cc2)cc1F. The van der Waals surface area contributed by atoms with Crippen molar-refractivity contribution in [1.82, 2.24) is 10.2 Å². The van der Waals surface area contributed by atoms with Gasteiger partial charge in [0.2, 0.25) is 5.13 Å². The number of thioether (sulfide) groups is 1. The smallest absolute Gasteiger partial charge is 0.301 e. The largest absolute Gasteiger partial charge is 0.507 e. The monoisotopic (exact) mass is 623 g/mol. The summed E-state index contributed by atoms with van der Waals surface area (Å²) in [4.78, 5) is 28.5. The third-order valence-electron chi connectivity index (χ3n) is 7.82. The van der Waals surface area contributed by atoms with Crippen LogP contribution in [0, 0.1) is 12.7 Å². The number of aromatic nitrogens is 2. The number of hydrogen-bond donors (Lipinski definition) is 1. The minimum absolute atomic E-state index is 0.116. The molecule has 1 amide bonds. The van der Waals surface area contributed by atoms with Crippen molar-refractivity contribution >= 4 is 56.5 Å². The van der Waals surface area contributed by atoms with E-state index < -0.39 is 29.3 Å². The van der Waals surface area contributed by atoms with Crippen LogP contribution < -0.4 is 4.90 Å². The lowest BCUT2D eigenvalue weighted by Crippen LogP contribution is -2.29. The van der Waals surface area contributed by atoms with Gasteiger partial charge in [0.25, 0.3) is 5.78 Å². The van der Waals surface area contributed by atoms with E-state index in [0.717, 1.165) is 21.9 Å². The highest BCUT2D eigenvalue weighted by Gasteiger charge is 2.48. The summed E-state index contributed by atoms with van der Waals surface area (Å²) in [5.74, 6) is -2.01. The molecular weight excluding hydrogens is 594 g/mol. The maximum absolute atomic E-state index is 14.5. The van der Waals surface area contributed by atoms with E-state index in [9.17, 15) is 19.1 Å². The molecule has 0 radical (unpaired) electrons. The summed E-state index contributed by atoms with van der Waals surface area (Å²) < 4.78 is 15.1. The van der Waals surface area contributed by atoms with Crippen LogP contribution in [0.4, 0.5) is 9.52 Å². The zero-order valence-electron chi connectivity index (χ0n) is 24.7. The Morgan fingerprint density at radius 3 is 2.43 bits per heavy atom. The highest BCUT2D eigenvalue weighted by atomic mass is 32.2. The number of aliphatic hydroxyl groups is 1. The molecule has 4 aromatic carbocycles. The van der Waals surface area contributed by atoms with E-state index in [1.807, 2.05) is 42.5 Å². The second-order valence-electron chi connectivity index (χ2n) is 11.8. The van der Waals surface area contributed by atoms with Gasteiger partial charge in [0, 0.05) is 11.3 Å². The Balaban J connectivity index is 1.39. The number of aliphatic hydroxyl groups excluding tert-OH is 1. The zero-order valence-corrected chi connectivity index (χ0v) is 26.3. The van der Waals surface area contributed by atoms with E-state index in [1.54, 1.807) is 6.92 Å². The molecule has 0 bridgehead atoms. The first-order chi connectivity index (χ1) is 21.0. The summed E-state index contributed by atoms with van der Waals surface area (Å²) in [6.45, 7) is 7.90. The fraction of sp³-hybridized carbons (Fsp3) is 0.200. The van der Waals surface area contributed by atoms with Crippen molar-refractivity contribution in [3.63, 3.8) is 0 Å². The summed E-state index contributed by atoms with van der Waals surface area (Å²) in [5, 5.41) is 22.6. The zero-order chi connectivity index (χ0) is 31.2. The molecule has 222 valence electrons. The summed E-state index contributed by atoms with van der Waals surface area (Å²) in [6.07, 6.45) is 0. The molecule has 0 spiro atoms. The number of Topliss-reactive ketones (excluding diaryl/α,β-unsaturated/α-hetero) is 1. The first-order valence-electron chi connectivity index (χ1n) is 14.1. The minimum Gasteiger partial charge on any atom is -0.507 e. The van der Waals surface area contributed by atoms with Crippen molar-refractivity contribution in [3.8, 4) is 0 Å². The Morgan fingerprint density at radius 2 is 1.70 bits per heavy atom. The van der Waals surface area contributed by atoms with Gasteiger partial charge in [0.1, 0.15) is 11.6 Å². The predicted octanol–water partition coefficient (Wildman–Crippen LogP) is 8.35. The standard InChI is InChI=1S/C35H30FN3O3S2/c1-20-12-13-23(18-27(20)36)30(40)28-29(22-14-16-25(17-15-22)35(2,3)4)39(32(42)31(28)41)33-37-38-34(44-33)43-19-24-10-7-9-21-8-5-6-11-26(21)24/h5-18,29,40H,19H2,1-4H3/t29-/m0/s1. The molecule has 44 heavy (non-hydrogen) atoms. The van der Waals surface area contributed by atoms with Crippen molar-refractivity contribution < 1.29 is 19.1 Å². The number of fused-ring (bicyclic) bond motifs is 1. The van der Waals surface area contributed by atoms with Crippen LogP contribution in [0.3, 0.4) is 0 Å². The second-order valence-corrected chi connectivity index (χ2v) is 14.0. The van der Waals surface area contributed by atoms with Gasteiger partial charge in [-0.3, -0.25) is 14.5 Å². The molecule has 1 fully saturated rings. The van der Waals surface area contributed by atoms with E-state index in [0.29, 0.717) is 21.2 Å². The number of halogens is 1. The fourth-order valence-electron chi connectivity index (χ4n) is 5.32.